The highest BCUT2D eigenvalue weighted by molar-refractivity contribution is 7.92. The number of nitro groups is 1. The highest BCUT2D eigenvalue weighted by Crippen LogP contribution is 2.30. The minimum absolute atomic E-state index is 0.0158. The van der Waals surface area contributed by atoms with Crippen molar-refractivity contribution >= 4 is 56.4 Å². The summed E-state index contributed by atoms with van der Waals surface area (Å²) in [6.45, 7) is 7.82. The van der Waals surface area contributed by atoms with Crippen LogP contribution < -0.4 is 9.62 Å². The Kier molecular flexibility index (Phi) is 10.2. The first-order valence-electron chi connectivity index (χ1n) is 11.7. The fourth-order valence-electron chi connectivity index (χ4n) is 3.80. The van der Waals surface area contributed by atoms with E-state index in [2.05, 4.69) is 5.32 Å². The number of hydrogen-bond acceptors (Lipinski definition) is 6. The molecule has 2 aromatic carbocycles. The third-order valence-electron chi connectivity index (χ3n) is 5.63. The van der Waals surface area contributed by atoms with E-state index in [1.54, 1.807) is 52.8 Å². The van der Waals surface area contributed by atoms with Gasteiger partial charge in [-0.25, -0.2) is 8.42 Å². The number of carbonyl (C=O) groups excluding carboxylic acids is 2. The van der Waals surface area contributed by atoms with Crippen LogP contribution in [-0.2, 0) is 26.2 Å². The Labute approximate surface area is 233 Å². The molecule has 0 bridgehead atoms. The summed E-state index contributed by atoms with van der Waals surface area (Å²) in [7, 11) is -4.07. The highest BCUT2D eigenvalue weighted by Gasteiger charge is 2.34. The number of benzene rings is 2. The Hall–Kier alpha value is -2.89. The van der Waals surface area contributed by atoms with Crippen molar-refractivity contribution in [2.75, 3.05) is 17.1 Å². The van der Waals surface area contributed by atoms with Crippen LogP contribution in [0.1, 0.15) is 45.2 Å². The van der Waals surface area contributed by atoms with Crippen molar-refractivity contribution in [1.29, 1.82) is 0 Å². The lowest BCUT2D eigenvalue weighted by molar-refractivity contribution is -0.384. The number of halogens is 2. The molecular weight excluding hydrogens is 555 g/mol. The van der Waals surface area contributed by atoms with Crippen LogP contribution in [0.3, 0.4) is 0 Å². The SMILES string of the molecule is CCC(C(=O)NC(C)(C)C)N(Cc1c(Cl)cccc1Cl)C(=O)CN(c1cc([N+](=O)[O-])ccc1C)S(C)(=O)=O. The quantitative estimate of drug-likeness (QED) is 0.317. The van der Waals surface area contributed by atoms with Crippen LogP contribution in [-0.4, -0.2) is 54.4 Å². The first kappa shape index (κ1) is 31.3. The molecule has 10 nitrogen and oxygen atoms in total. The highest BCUT2D eigenvalue weighted by atomic mass is 35.5. The Morgan fingerprint density at radius 1 is 1.13 bits per heavy atom. The fraction of sp³-hybridized carbons (Fsp3) is 0.440. The lowest BCUT2D eigenvalue weighted by atomic mass is 10.1. The number of hydrogen-bond donors (Lipinski definition) is 1. The number of rotatable bonds is 10. The molecule has 0 aromatic heterocycles. The van der Waals surface area contributed by atoms with Crippen LogP contribution in [0.4, 0.5) is 11.4 Å². The van der Waals surface area contributed by atoms with Crippen molar-refractivity contribution in [1.82, 2.24) is 10.2 Å². The molecule has 0 fully saturated rings. The molecule has 0 radical (unpaired) electrons. The van der Waals surface area contributed by atoms with Crippen molar-refractivity contribution < 1.29 is 22.9 Å². The average Bonchev–Trinajstić information content (AvgIpc) is 2.77. The first-order valence-corrected chi connectivity index (χ1v) is 14.3. The maximum absolute atomic E-state index is 13.8. The molecule has 0 spiro atoms. The number of nitro benzene ring substituents is 1. The second-order valence-corrected chi connectivity index (χ2v) is 12.6. The van der Waals surface area contributed by atoms with E-state index in [1.807, 2.05) is 0 Å². The van der Waals surface area contributed by atoms with Crippen LogP contribution in [0, 0.1) is 17.0 Å². The number of nitrogens with one attached hydrogen (secondary N) is 1. The largest absolute Gasteiger partial charge is 0.350 e. The van der Waals surface area contributed by atoms with Gasteiger partial charge in [-0.05, 0) is 51.8 Å². The van der Waals surface area contributed by atoms with Gasteiger partial charge in [-0.1, -0.05) is 42.3 Å². The molecule has 2 aromatic rings. The van der Waals surface area contributed by atoms with Crippen LogP contribution >= 0.6 is 23.2 Å². The molecule has 0 saturated carbocycles. The van der Waals surface area contributed by atoms with Gasteiger partial charge in [0, 0.05) is 39.8 Å². The van der Waals surface area contributed by atoms with Gasteiger partial charge in [-0.3, -0.25) is 24.0 Å². The zero-order valence-electron chi connectivity index (χ0n) is 22.1. The molecule has 0 aliphatic carbocycles. The van der Waals surface area contributed by atoms with Gasteiger partial charge >= 0.3 is 0 Å². The Balaban J connectivity index is 2.61. The van der Waals surface area contributed by atoms with Gasteiger partial charge < -0.3 is 10.2 Å². The zero-order valence-corrected chi connectivity index (χ0v) is 24.4. The molecule has 1 unspecified atom stereocenters. The van der Waals surface area contributed by atoms with Crippen LogP contribution in [0.25, 0.3) is 0 Å². The number of sulfonamides is 1. The maximum atomic E-state index is 13.8. The fourth-order valence-corrected chi connectivity index (χ4v) is 5.22. The van der Waals surface area contributed by atoms with E-state index in [-0.39, 0.29) is 34.4 Å². The molecule has 0 saturated heterocycles. The van der Waals surface area contributed by atoms with Gasteiger partial charge in [-0.2, -0.15) is 0 Å². The van der Waals surface area contributed by atoms with E-state index in [9.17, 15) is 28.1 Å². The third-order valence-corrected chi connectivity index (χ3v) is 7.46. The number of amides is 2. The van der Waals surface area contributed by atoms with Gasteiger partial charge in [0.15, 0.2) is 0 Å². The monoisotopic (exact) mass is 586 g/mol. The van der Waals surface area contributed by atoms with Gasteiger partial charge in [0.25, 0.3) is 5.69 Å². The average molecular weight is 588 g/mol. The summed E-state index contributed by atoms with van der Waals surface area (Å²) in [6, 6.07) is 7.60. The first-order chi connectivity index (χ1) is 17.5. The van der Waals surface area contributed by atoms with E-state index in [0.717, 1.165) is 16.6 Å². The van der Waals surface area contributed by atoms with E-state index >= 15 is 0 Å². The van der Waals surface area contributed by atoms with Crippen molar-refractivity contribution in [2.45, 2.75) is 59.2 Å². The van der Waals surface area contributed by atoms with Crippen molar-refractivity contribution in [3.05, 3.63) is 67.7 Å². The van der Waals surface area contributed by atoms with Crippen molar-refractivity contribution in [3.63, 3.8) is 0 Å². The second-order valence-electron chi connectivity index (χ2n) is 9.88. The van der Waals surface area contributed by atoms with Gasteiger partial charge in [0.2, 0.25) is 21.8 Å². The Morgan fingerprint density at radius 3 is 2.18 bits per heavy atom. The lowest BCUT2D eigenvalue weighted by Gasteiger charge is -2.35. The minimum atomic E-state index is -4.07. The number of carbonyl (C=O) groups is 2. The van der Waals surface area contributed by atoms with E-state index in [1.165, 1.54) is 17.0 Å². The molecule has 208 valence electrons. The van der Waals surface area contributed by atoms with Crippen LogP contribution in [0.2, 0.25) is 10.0 Å². The normalized spacial score (nSPS) is 12.5. The zero-order chi connectivity index (χ0) is 29.0. The maximum Gasteiger partial charge on any atom is 0.271 e. The number of non-ortho nitro benzene ring substituents is 1. The molecule has 2 amide bonds. The van der Waals surface area contributed by atoms with Gasteiger partial charge in [-0.15, -0.1) is 0 Å². The van der Waals surface area contributed by atoms with Crippen LogP contribution in [0.15, 0.2) is 36.4 Å². The molecule has 0 aliphatic heterocycles. The minimum Gasteiger partial charge on any atom is -0.350 e. The molecule has 1 N–H and O–H groups in total. The topological polar surface area (TPSA) is 130 Å². The summed E-state index contributed by atoms with van der Waals surface area (Å²) >= 11 is 12.7. The molecule has 0 aliphatic rings. The molecule has 0 heterocycles. The summed E-state index contributed by atoms with van der Waals surface area (Å²) in [5, 5.41) is 14.8. The number of nitrogens with zero attached hydrogens (tertiary/aromatic N) is 3. The summed E-state index contributed by atoms with van der Waals surface area (Å²) in [4.78, 5) is 39.0. The summed E-state index contributed by atoms with van der Waals surface area (Å²) in [5.41, 5.74) is -0.142. The summed E-state index contributed by atoms with van der Waals surface area (Å²) < 4.78 is 26.4. The van der Waals surface area contributed by atoms with Gasteiger partial charge in [0.1, 0.15) is 12.6 Å². The standard InChI is InChI=1S/C25H32Cl2N4O6S/c1-7-21(24(33)28-25(3,4)5)29(14-18-19(26)9-8-10-20(18)27)23(32)15-30(38(6,36)37)22-13-17(31(34)35)12-11-16(22)2/h8-13,21H,7,14-15H2,1-6H3,(H,28,33). The van der Waals surface area contributed by atoms with E-state index in [4.69, 9.17) is 23.2 Å². The summed E-state index contributed by atoms with van der Waals surface area (Å²) in [6.07, 6.45) is 1.11. The smallest absolute Gasteiger partial charge is 0.271 e. The Bertz CT molecular complexity index is 1310. The molecular formula is C25H32Cl2N4O6S. The van der Waals surface area contributed by atoms with E-state index < -0.39 is 44.9 Å². The Morgan fingerprint density at radius 2 is 1.71 bits per heavy atom. The van der Waals surface area contributed by atoms with Crippen molar-refractivity contribution in [2.24, 2.45) is 0 Å². The number of anilines is 1. The second kappa shape index (κ2) is 12.3. The molecule has 13 heteroatoms. The predicted octanol–water partition coefficient (Wildman–Crippen LogP) is 4.70. The molecule has 1 atom stereocenters. The van der Waals surface area contributed by atoms with Crippen LogP contribution in [0.5, 0.6) is 0 Å². The summed E-state index contributed by atoms with van der Waals surface area (Å²) in [5.74, 6) is -1.15. The van der Waals surface area contributed by atoms with Gasteiger partial charge in [0.05, 0.1) is 16.9 Å². The molecule has 38 heavy (non-hydrogen) atoms. The third kappa shape index (κ3) is 8.05. The lowest BCUT2D eigenvalue weighted by Crippen LogP contribution is -2.55. The molecule has 2 rings (SSSR count). The number of aryl methyl sites for hydroxylation is 1. The predicted molar refractivity (Wildman–Crippen MR) is 149 cm³/mol. The van der Waals surface area contributed by atoms with E-state index in [0.29, 0.717) is 11.1 Å². The van der Waals surface area contributed by atoms with Crippen molar-refractivity contribution in [3.8, 4) is 0 Å².